The molecule has 0 heterocycles. The summed E-state index contributed by atoms with van der Waals surface area (Å²) in [4.78, 5) is 21.1. The Morgan fingerprint density at radius 3 is 1.05 bits per heavy atom. The third-order valence-electron chi connectivity index (χ3n) is 10.8. The van der Waals surface area contributed by atoms with E-state index in [-0.39, 0.29) is 59.2 Å². The number of aliphatic carboxylic acids is 2. The van der Waals surface area contributed by atoms with Crippen molar-refractivity contribution in [2.45, 2.75) is 157 Å². The van der Waals surface area contributed by atoms with Gasteiger partial charge in [0.15, 0.2) is 0 Å². The van der Waals surface area contributed by atoms with E-state index in [9.17, 15) is 30.0 Å². The molecule has 0 amide bonds. The van der Waals surface area contributed by atoms with Crippen LogP contribution in [-0.4, -0.2) is 92.4 Å². The van der Waals surface area contributed by atoms with E-state index in [1.807, 2.05) is 79.7 Å². The molecule has 0 spiro atoms. The van der Waals surface area contributed by atoms with Crippen molar-refractivity contribution >= 4 is 11.9 Å². The van der Waals surface area contributed by atoms with Gasteiger partial charge in [0, 0.05) is 24.0 Å². The molecule has 0 saturated heterocycles. The van der Waals surface area contributed by atoms with Crippen LogP contribution < -0.4 is 0 Å². The summed E-state index contributed by atoms with van der Waals surface area (Å²) in [5.74, 6) is -0.387. The maximum atomic E-state index is 10.6. The molecule has 0 unspecified atom stereocenters. The van der Waals surface area contributed by atoms with Crippen LogP contribution >= 0.6 is 0 Å². The molecule has 0 saturated carbocycles. The number of rotatable bonds is 17. The number of hydrogen-bond donors (Lipinski definition) is 8. The first-order chi connectivity index (χ1) is 28.5. The number of aryl methyl sites for hydroxylation is 4. The minimum absolute atomic E-state index is 0.0417. The molecule has 62 heavy (non-hydrogen) atoms. The predicted molar refractivity (Wildman–Crippen MR) is 247 cm³/mol. The van der Waals surface area contributed by atoms with E-state index >= 15 is 0 Å². The molecule has 0 bridgehead atoms. The largest absolute Gasteiger partial charge is 0.508 e. The molecule has 0 aliphatic carbocycles. The predicted octanol–water partition coefficient (Wildman–Crippen LogP) is 9.51. The molecule has 0 fully saturated rings. The summed E-state index contributed by atoms with van der Waals surface area (Å²) >= 11 is 0. The third-order valence-corrected chi connectivity index (χ3v) is 10.8. The van der Waals surface area contributed by atoms with E-state index in [0.29, 0.717) is 50.8 Å². The van der Waals surface area contributed by atoms with Gasteiger partial charge in [-0.2, -0.15) is 0 Å². The summed E-state index contributed by atoms with van der Waals surface area (Å²) in [7, 11) is 0. The van der Waals surface area contributed by atoms with Gasteiger partial charge in [-0.25, -0.2) is 0 Å². The summed E-state index contributed by atoms with van der Waals surface area (Å²) in [6.07, 6.45) is 3.06. The highest BCUT2D eigenvalue weighted by atomic mass is 16.5. The zero-order chi connectivity index (χ0) is 48.2. The number of carbonyl (C=O) groups is 2. The zero-order valence-corrected chi connectivity index (χ0v) is 40.2. The second-order valence-electron chi connectivity index (χ2n) is 18.9. The summed E-state index contributed by atoms with van der Waals surface area (Å²) < 4.78 is 9.75. The molecule has 3 aromatic carbocycles. The number of carboxylic acids is 2. The van der Waals surface area contributed by atoms with Crippen LogP contribution in [0.4, 0.5) is 0 Å². The molecule has 8 N–H and O–H groups in total. The van der Waals surface area contributed by atoms with Crippen molar-refractivity contribution in [3.05, 3.63) is 80.9 Å². The summed E-state index contributed by atoms with van der Waals surface area (Å²) in [6, 6.07) is 11.0. The average molecular weight is 873 g/mol. The van der Waals surface area contributed by atoms with Crippen molar-refractivity contribution in [2.75, 3.05) is 39.6 Å². The molecule has 3 rings (SSSR count). The van der Waals surface area contributed by atoms with E-state index in [1.54, 1.807) is 12.1 Å². The standard InChI is InChI=1S/C16H26O2.2C14H20O3.C6H14O4/c1-7-15(3,4)11-9-14(18)12(10-13(11)17)16(5,6)8-2;2*1-9-7-10(5-6-12(15)16)8-11(13(9)17)14(2,3)4;7-1-3-9-5-6-10-4-2-8/h9-10,17-18H,7-8H2,1-6H3;2*7-8,17H,5-6H2,1-4H3,(H,15,16);7-8H,1-6H2. The van der Waals surface area contributed by atoms with Gasteiger partial charge in [-0.3, -0.25) is 9.59 Å². The average Bonchev–Trinajstić information content (AvgIpc) is 3.17. The highest BCUT2D eigenvalue weighted by Crippen LogP contribution is 2.42. The summed E-state index contributed by atoms with van der Waals surface area (Å²) in [5, 5.41) is 74.4. The van der Waals surface area contributed by atoms with Gasteiger partial charge in [-0.05, 0) is 107 Å². The van der Waals surface area contributed by atoms with E-state index < -0.39 is 11.9 Å². The first-order valence-corrected chi connectivity index (χ1v) is 21.5. The fourth-order valence-electron chi connectivity index (χ4n) is 6.14. The van der Waals surface area contributed by atoms with Crippen LogP contribution in [0.2, 0.25) is 0 Å². The maximum Gasteiger partial charge on any atom is 0.303 e. The van der Waals surface area contributed by atoms with Crippen LogP contribution in [0, 0.1) is 13.8 Å². The second-order valence-corrected chi connectivity index (χ2v) is 18.9. The van der Waals surface area contributed by atoms with Gasteiger partial charge in [-0.1, -0.05) is 107 Å². The molecular formula is C50H80O12. The Bertz CT molecular complexity index is 1700. The lowest BCUT2D eigenvalue weighted by Crippen LogP contribution is -2.19. The van der Waals surface area contributed by atoms with Gasteiger partial charge in [0.1, 0.15) is 23.0 Å². The number of aliphatic hydroxyl groups excluding tert-OH is 2. The minimum atomic E-state index is -0.798. The van der Waals surface area contributed by atoms with Crippen molar-refractivity contribution in [1.29, 1.82) is 0 Å². The van der Waals surface area contributed by atoms with Crippen LogP contribution in [0.5, 0.6) is 23.0 Å². The van der Waals surface area contributed by atoms with E-state index in [0.717, 1.165) is 57.3 Å². The Morgan fingerprint density at radius 1 is 0.500 bits per heavy atom. The molecule has 3 aromatic rings. The van der Waals surface area contributed by atoms with Gasteiger partial charge in [0.05, 0.1) is 39.6 Å². The van der Waals surface area contributed by atoms with Crippen LogP contribution in [0.3, 0.4) is 0 Å². The first kappa shape index (κ1) is 57.6. The van der Waals surface area contributed by atoms with Crippen molar-refractivity contribution < 1.29 is 59.9 Å². The molecule has 0 atom stereocenters. The number of aromatic hydroxyl groups is 4. The lowest BCUT2D eigenvalue weighted by molar-refractivity contribution is -0.138. The number of aliphatic hydroxyl groups is 2. The van der Waals surface area contributed by atoms with E-state index in [2.05, 4.69) is 41.5 Å². The van der Waals surface area contributed by atoms with Gasteiger partial charge in [0.2, 0.25) is 0 Å². The van der Waals surface area contributed by atoms with Crippen LogP contribution in [0.1, 0.15) is 153 Å². The van der Waals surface area contributed by atoms with Crippen molar-refractivity contribution in [3.63, 3.8) is 0 Å². The molecule has 0 aromatic heterocycles. The Morgan fingerprint density at radius 2 is 0.806 bits per heavy atom. The SMILES string of the molecule is CCC(C)(C)c1cc(O)c(C(C)(C)CC)cc1O.Cc1cc(CCC(=O)O)cc(C(C)(C)C)c1O.Cc1cc(CCC(=O)O)cc(C(C)(C)C)c1O.OCCOCCOCCO. The quantitative estimate of drug-likeness (QED) is 0.0470. The van der Waals surface area contributed by atoms with Gasteiger partial charge < -0.3 is 50.3 Å². The molecule has 12 nitrogen and oxygen atoms in total. The number of phenolic OH excluding ortho intramolecular Hbond substituents is 4. The number of ether oxygens (including phenoxy) is 2. The normalized spacial score (nSPS) is 11.7. The lowest BCUT2D eigenvalue weighted by atomic mass is 9.77. The Balaban J connectivity index is 0.000000816. The monoisotopic (exact) mass is 873 g/mol. The summed E-state index contributed by atoms with van der Waals surface area (Å²) in [5.41, 5.74) is 6.37. The third kappa shape index (κ3) is 20.2. The maximum absolute atomic E-state index is 10.6. The highest BCUT2D eigenvalue weighted by Gasteiger charge is 2.28. The van der Waals surface area contributed by atoms with E-state index in [4.69, 9.17) is 29.9 Å². The van der Waals surface area contributed by atoms with Crippen LogP contribution in [0.25, 0.3) is 0 Å². The van der Waals surface area contributed by atoms with Gasteiger partial charge in [-0.15, -0.1) is 0 Å². The molecule has 0 aliphatic rings. The molecule has 12 heteroatoms. The second kappa shape index (κ2) is 26.3. The van der Waals surface area contributed by atoms with Crippen molar-refractivity contribution in [2.24, 2.45) is 0 Å². The van der Waals surface area contributed by atoms with E-state index in [1.165, 1.54) is 0 Å². The van der Waals surface area contributed by atoms with Gasteiger partial charge in [0.25, 0.3) is 0 Å². The number of phenols is 4. The molecular weight excluding hydrogens is 793 g/mol. The smallest absolute Gasteiger partial charge is 0.303 e. The Labute approximate surface area is 371 Å². The van der Waals surface area contributed by atoms with Crippen LogP contribution in [0.15, 0.2) is 36.4 Å². The first-order valence-electron chi connectivity index (χ1n) is 21.5. The molecule has 352 valence electrons. The topological polar surface area (TPSA) is 214 Å². The summed E-state index contributed by atoms with van der Waals surface area (Å²) in [6.45, 7) is 30.1. The fraction of sp³-hybridized carbons (Fsp3) is 0.600. The lowest BCUT2D eigenvalue weighted by Gasteiger charge is -2.29. The number of hydrogen-bond acceptors (Lipinski definition) is 10. The van der Waals surface area contributed by atoms with Crippen molar-refractivity contribution in [3.8, 4) is 23.0 Å². The molecule has 0 radical (unpaired) electrons. The highest BCUT2D eigenvalue weighted by molar-refractivity contribution is 5.67. The van der Waals surface area contributed by atoms with Gasteiger partial charge >= 0.3 is 11.9 Å². The van der Waals surface area contributed by atoms with Crippen molar-refractivity contribution in [1.82, 2.24) is 0 Å². The fourth-order valence-corrected chi connectivity index (χ4v) is 6.14. The van der Waals surface area contributed by atoms with Crippen LogP contribution in [-0.2, 0) is 53.6 Å². The minimum Gasteiger partial charge on any atom is -0.508 e. The zero-order valence-electron chi connectivity index (χ0n) is 40.2. The Kier molecular flexibility index (Phi) is 24.5. The molecule has 0 aliphatic heterocycles. The number of benzene rings is 3. The Hall–Kier alpha value is -4.36. The number of carboxylic acid groups (broad SMARTS) is 2.